The molecule has 0 atom stereocenters. The van der Waals surface area contributed by atoms with Crippen LogP contribution in [0, 0.1) is 0 Å². The largest absolute Gasteiger partial charge is 0.416 e. The molecule has 4 rings (SSSR count). The maximum atomic E-state index is 12.7. The maximum absolute atomic E-state index is 12.7. The van der Waals surface area contributed by atoms with Crippen LogP contribution < -0.4 is 10.6 Å². The number of nitrogens with zero attached hydrogens (tertiary/aromatic N) is 3. The molecule has 0 spiro atoms. The van der Waals surface area contributed by atoms with Gasteiger partial charge in [0.05, 0.1) is 11.1 Å². The van der Waals surface area contributed by atoms with E-state index in [1.807, 2.05) is 30.3 Å². The fourth-order valence-electron chi connectivity index (χ4n) is 3.11. The average molecular weight is 437 g/mol. The van der Waals surface area contributed by atoms with Crippen molar-refractivity contribution in [3.8, 4) is 11.4 Å². The molecule has 32 heavy (non-hydrogen) atoms. The number of hydrogen-bond donors (Lipinski definition) is 2. The molecule has 0 bridgehead atoms. The highest BCUT2D eigenvalue weighted by atomic mass is 19.4. The zero-order valence-electron chi connectivity index (χ0n) is 16.7. The lowest BCUT2D eigenvalue weighted by molar-refractivity contribution is -0.137. The van der Waals surface area contributed by atoms with E-state index in [4.69, 9.17) is 0 Å². The molecule has 0 fully saturated rings. The Labute approximate surface area is 181 Å². The lowest BCUT2D eigenvalue weighted by atomic mass is 10.1. The molecule has 0 unspecified atom stereocenters. The van der Waals surface area contributed by atoms with Crippen LogP contribution in [0.25, 0.3) is 22.3 Å². The Balaban J connectivity index is 1.42. The Bertz CT molecular complexity index is 1230. The van der Waals surface area contributed by atoms with E-state index in [1.54, 1.807) is 18.5 Å². The number of benzene rings is 2. The summed E-state index contributed by atoms with van der Waals surface area (Å²) in [5.41, 5.74) is 0.898. The van der Waals surface area contributed by atoms with Gasteiger partial charge in [-0.25, -0.2) is 9.97 Å². The molecule has 2 aromatic carbocycles. The lowest BCUT2D eigenvalue weighted by Gasteiger charge is -2.12. The van der Waals surface area contributed by atoms with Gasteiger partial charge in [0.25, 0.3) is 5.91 Å². The van der Waals surface area contributed by atoms with Crippen LogP contribution >= 0.6 is 0 Å². The van der Waals surface area contributed by atoms with Gasteiger partial charge < -0.3 is 10.6 Å². The van der Waals surface area contributed by atoms with Crippen molar-refractivity contribution in [1.82, 2.24) is 20.3 Å². The van der Waals surface area contributed by atoms with Gasteiger partial charge in [0, 0.05) is 42.0 Å². The van der Waals surface area contributed by atoms with Crippen molar-refractivity contribution in [1.29, 1.82) is 0 Å². The smallest absolute Gasteiger partial charge is 0.368 e. The first-order valence-electron chi connectivity index (χ1n) is 9.78. The van der Waals surface area contributed by atoms with E-state index in [-0.39, 0.29) is 12.1 Å². The summed E-state index contributed by atoms with van der Waals surface area (Å²) in [4.78, 5) is 25.5. The predicted molar refractivity (Wildman–Crippen MR) is 115 cm³/mol. The van der Waals surface area contributed by atoms with Crippen LogP contribution in [0.2, 0.25) is 0 Å². The van der Waals surface area contributed by atoms with Gasteiger partial charge in [-0.3, -0.25) is 9.78 Å². The van der Waals surface area contributed by atoms with Crippen LogP contribution in [0.3, 0.4) is 0 Å². The van der Waals surface area contributed by atoms with Crippen molar-refractivity contribution < 1.29 is 18.0 Å². The molecule has 2 heterocycles. The minimum absolute atomic E-state index is 0.157. The number of pyridine rings is 1. The first-order valence-corrected chi connectivity index (χ1v) is 9.78. The number of alkyl halides is 3. The molecule has 1 amide bonds. The summed E-state index contributed by atoms with van der Waals surface area (Å²) < 4.78 is 38.0. The van der Waals surface area contributed by atoms with Crippen LogP contribution in [0.5, 0.6) is 0 Å². The Morgan fingerprint density at radius 2 is 1.69 bits per heavy atom. The summed E-state index contributed by atoms with van der Waals surface area (Å²) in [6, 6.07) is 15.3. The minimum Gasteiger partial charge on any atom is -0.368 e. The Kier molecular flexibility index (Phi) is 5.98. The van der Waals surface area contributed by atoms with Gasteiger partial charge in [0.2, 0.25) is 0 Å². The second-order valence-corrected chi connectivity index (χ2v) is 6.91. The summed E-state index contributed by atoms with van der Waals surface area (Å²) in [5, 5.41) is 6.71. The zero-order valence-corrected chi connectivity index (χ0v) is 16.7. The number of para-hydroxylation sites is 1. The fourth-order valence-corrected chi connectivity index (χ4v) is 3.11. The highest BCUT2D eigenvalue weighted by molar-refractivity contribution is 5.94. The first-order chi connectivity index (χ1) is 15.4. The molecule has 0 aliphatic carbocycles. The minimum atomic E-state index is -4.44. The maximum Gasteiger partial charge on any atom is 0.416 e. The van der Waals surface area contributed by atoms with E-state index >= 15 is 0 Å². The van der Waals surface area contributed by atoms with Crippen LogP contribution in [0.15, 0.2) is 73.1 Å². The monoisotopic (exact) mass is 437 g/mol. The van der Waals surface area contributed by atoms with E-state index in [9.17, 15) is 18.0 Å². The van der Waals surface area contributed by atoms with Gasteiger partial charge in [-0.05, 0) is 48.5 Å². The van der Waals surface area contributed by atoms with Crippen LogP contribution in [0.4, 0.5) is 19.0 Å². The first kappa shape index (κ1) is 21.2. The van der Waals surface area contributed by atoms with Crippen molar-refractivity contribution >= 4 is 22.6 Å². The van der Waals surface area contributed by atoms with Gasteiger partial charge in [-0.2, -0.15) is 13.2 Å². The molecule has 4 aromatic rings. The molecular formula is C23H18F3N5O. The third-order valence-electron chi connectivity index (χ3n) is 4.70. The van der Waals surface area contributed by atoms with Crippen LogP contribution in [-0.2, 0) is 6.18 Å². The molecular weight excluding hydrogens is 419 g/mol. The molecule has 162 valence electrons. The molecule has 0 aliphatic rings. The van der Waals surface area contributed by atoms with E-state index in [1.165, 1.54) is 0 Å². The topological polar surface area (TPSA) is 79.8 Å². The van der Waals surface area contributed by atoms with Gasteiger partial charge in [-0.15, -0.1) is 0 Å². The van der Waals surface area contributed by atoms with E-state index in [0.29, 0.717) is 18.2 Å². The third-order valence-corrected chi connectivity index (χ3v) is 4.70. The summed E-state index contributed by atoms with van der Waals surface area (Å²) in [5.74, 6) is 0.676. The van der Waals surface area contributed by atoms with Crippen molar-refractivity contribution in [2.75, 3.05) is 18.4 Å². The number of hydrogen-bond acceptors (Lipinski definition) is 5. The zero-order chi connectivity index (χ0) is 22.6. The van der Waals surface area contributed by atoms with Gasteiger partial charge in [-0.1, -0.05) is 12.1 Å². The molecule has 6 nitrogen and oxygen atoms in total. The van der Waals surface area contributed by atoms with Crippen molar-refractivity contribution in [3.63, 3.8) is 0 Å². The summed E-state index contributed by atoms with van der Waals surface area (Å²) in [6.45, 7) is 0.611. The van der Waals surface area contributed by atoms with Crippen molar-refractivity contribution in [2.45, 2.75) is 6.18 Å². The highest BCUT2D eigenvalue weighted by Gasteiger charge is 2.30. The number of carbonyl (C=O) groups is 1. The second kappa shape index (κ2) is 9.01. The number of carbonyl (C=O) groups excluding carboxylic acids is 1. The second-order valence-electron chi connectivity index (χ2n) is 6.91. The van der Waals surface area contributed by atoms with E-state index < -0.39 is 17.6 Å². The number of anilines is 1. The normalized spacial score (nSPS) is 11.3. The molecule has 9 heteroatoms. The van der Waals surface area contributed by atoms with E-state index in [0.717, 1.165) is 40.7 Å². The van der Waals surface area contributed by atoms with Crippen LogP contribution in [-0.4, -0.2) is 33.9 Å². The van der Waals surface area contributed by atoms with Gasteiger partial charge in [0.15, 0.2) is 5.82 Å². The van der Waals surface area contributed by atoms with Crippen LogP contribution in [0.1, 0.15) is 15.9 Å². The number of aromatic nitrogens is 3. The number of rotatable bonds is 6. The average Bonchev–Trinajstić information content (AvgIpc) is 2.81. The lowest BCUT2D eigenvalue weighted by Crippen LogP contribution is -2.29. The predicted octanol–water partition coefficient (Wildman–Crippen LogP) is 4.55. The Morgan fingerprint density at radius 3 is 2.41 bits per heavy atom. The summed E-state index contributed by atoms with van der Waals surface area (Å²) in [6.07, 6.45) is -1.09. The summed E-state index contributed by atoms with van der Waals surface area (Å²) >= 11 is 0. The molecule has 0 saturated carbocycles. The van der Waals surface area contributed by atoms with Gasteiger partial charge >= 0.3 is 6.18 Å². The number of fused-ring (bicyclic) bond motifs is 1. The standard InChI is InChI=1S/C23H18F3N5O/c24-23(25,26)17-9-7-15(8-10-17)22(32)29-13-12-28-21-18-5-1-2-6-19(18)30-20(31-21)16-4-3-11-27-14-16/h1-11,14H,12-13H2,(H,29,32)(H,28,30,31). The number of amides is 1. The molecule has 0 saturated heterocycles. The molecule has 2 N–H and O–H groups in total. The fraction of sp³-hybridized carbons (Fsp3) is 0.130. The molecule has 0 radical (unpaired) electrons. The Hall–Kier alpha value is -4.01. The third kappa shape index (κ3) is 4.83. The molecule has 0 aliphatic heterocycles. The number of nitrogens with one attached hydrogen (secondary N) is 2. The SMILES string of the molecule is O=C(NCCNc1nc(-c2cccnc2)nc2ccccc12)c1ccc(C(F)(F)F)cc1. The van der Waals surface area contributed by atoms with E-state index in [2.05, 4.69) is 25.6 Å². The Morgan fingerprint density at radius 1 is 0.906 bits per heavy atom. The molecule has 2 aromatic heterocycles. The highest BCUT2D eigenvalue weighted by Crippen LogP contribution is 2.29. The van der Waals surface area contributed by atoms with Gasteiger partial charge in [0.1, 0.15) is 5.82 Å². The van der Waals surface area contributed by atoms with Crippen molar-refractivity contribution in [3.05, 3.63) is 84.2 Å². The number of halogens is 3. The van der Waals surface area contributed by atoms with Crippen molar-refractivity contribution in [2.24, 2.45) is 0 Å². The summed E-state index contributed by atoms with van der Waals surface area (Å²) in [7, 11) is 0. The quantitative estimate of drug-likeness (QED) is 0.433.